The Kier molecular flexibility index (Phi) is 15.7. The smallest absolute Gasteiger partial charge is 0.223 e. The highest BCUT2D eigenvalue weighted by Crippen LogP contribution is 2.39. The zero-order valence-corrected chi connectivity index (χ0v) is 25.4. The van der Waals surface area contributed by atoms with E-state index in [1.807, 2.05) is 46.4 Å². The number of likely N-dealkylation sites (tertiary alicyclic amines) is 1. The number of ether oxygens (including phenoxy) is 2. The van der Waals surface area contributed by atoms with Crippen LogP contribution in [0.3, 0.4) is 0 Å². The van der Waals surface area contributed by atoms with E-state index in [0.29, 0.717) is 51.2 Å². The SMILES string of the molecule is CC(C)OC[C@@H]1C[C@@H](OC(C)C)CN1C(=O)CCCNC(=O)CCC(C)(C)SSCCC(=O)C(C)C. The number of hydrogen-bond donors (Lipinski definition) is 1. The van der Waals surface area contributed by atoms with E-state index in [0.717, 1.165) is 18.6 Å². The van der Waals surface area contributed by atoms with E-state index in [2.05, 4.69) is 19.2 Å². The third-order valence-corrected chi connectivity index (χ3v) is 9.34. The van der Waals surface area contributed by atoms with Crippen LogP contribution in [0.5, 0.6) is 0 Å². The minimum Gasteiger partial charge on any atom is -0.377 e. The lowest BCUT2D eigenvalue weighted by Crippen LogP contribution is -2.39. The van der Waals surface area contributed by atoms with Crippen molar-refractivity contribution in [3.63, 3.8) is 0 Å². The number of carbonyl (C=O) groups excluding carboxylic acids is 3. The van der Waals surface area contributed by atoms with E-state index in [-0.39, 0.29) is 46.8 Å². The minimum absolute atomic E-state index is 0.0193. The molecular formula is C27H50N2O5S2. The molecule has 1 aliphatic heterocycles. The third kappa shape index (κ3) is 14.2. The largest absolute Gasteiger partial charge is 0.377 e. The zero-order valence-electron chi connectivity index (χ0n) is 23.8. The molecular weight excluding hydrogens is 496 g/mol. The molecule has 0 bridgehead atoms. The fraction of sp³-hybridized carbons (Fsp3) is 0.889. The number of ketones is 1. The number of nitrogens with one attached hydrogen (secondary N) is 1. The fourth-order valence-electron chi connectivity index (χ4n) is 3.91. The molecule has 0 aromatic carbocycles. The van der Waals surface area contributed by atoms with Crippen molar-refractivity contribution in [2.45, 2.75) is 123 Å². The van der Waals surface area contributed by atoms with Gasteiger partial charge in [-0.15, -0.1) is 0 Å². The molecule has 0 aromatic heterocycles. The standard InChI is InChI=1S/C27H50N2O5S2/c1-19(2)24(30)12-15-35-36-27(7,8)13-11-25(31)28-14-9-10-26(32)29-17-23(34-21(5)6)16-22(29)18-33-20(3)4/h19-23H,9-18H2,1-8H3,(H,28,31)/t22-,23+/m0/s1. The second-order valence-electron chi connectivity index (χ2n) is 11.1. The average molecular weight is 547 g/mol. The van der Waals surface area contributed by atoms with Gasteiger partial charge in [-0.05, 0) is 60.8 Å². The molecule has 0 aliphatic carbocycles. The van der Waals surface area contributed by atoms with Gasteiger partial charge in [-0.1, -0.05) is 35.4 Å². The molecule has 0 radical (unpaired) electrons. The van der Waals surface area contributed by atoms with E-state index in [1.165, 1.54) is 0 Å². The molecule has 7 nitrogen and oxygen atoms in total. The van der Waals surface area contributed by atoms with E-state index in [9.17, 15) is 14.4 Å². The third-order valence-electron chi connectivity index (χ3n) is 5.99. The molecule has 1 N–H and O–H groups in total. The molecule has 1 aliphatic rings. The highest BCUT2D eigenvalue weighted by Gasteiger charge is 2.36. The van der Waals surface area contributed by atoms with Crippen LogP contribution in [-0.4, -0.2) is 77.0 Å². The molecule has 0 unspecified atom stereocenters. The number of rotatable bonds is 18. The number of hydrogen-bond acceptors (Lipinski definition) is 7. The topological polar surface area (TPSA) is 84.9 Å². The predicted octanol–water partition coefficient (Wildman–Crippen LogP) is 5.26. The maximum atomic E-state index is 12.9. The summed E-state index contributed by atoms with van der Waals surface area (Å²) in [4.78, 5) is 38.9. The number of Topliss-reactive ketones (excluding diaryl/α,β-unsaturated/α-hetero) is 1. The summed E-state index contributed by atoms with van der Waals surface area (Å²) in [5.41, 5.74) is 0. The van der Waals surface area contributed by atoms with Gasteiger partial charge in [-0.25, -0.2) is 0 Å². The van der Waals surface area contributed by atoms with Crippen LogP contribution < -0.4 is 5.32 Å². The van der Waals surface area contributed by atoms with Crippen molar-refractivity contribution in [1.82, 2.24) is 10.2 Å². The highest BCUT2D eigenvalue weighted by atomic mass is 33.1. The Bertz CT molecular complexity index is 685. The number of amides is 2. The average Bonchev–Trinajstić information content (AvgIpc) is 3.18. The molecule has 2 amide bonds. The van der Waals surface area contributed by atoms with Crippen molar-refractivity contribution < 1.29 is 23.9 Å². The molecule has 9 heteroatoms. The van der Waals surface area contributed by atoms with Crippen molar-refractivity contribution in [3.8, 4) is 0 Å². The Hall–Kier alpha value is -0.770. The highest BCUT2D eigenvalue weighted by molar-refractivity contribution is 8.77. The van der Waals surface area contributed by atoms with Crippen molar-refractivity contribution >= 4 is 39.2 Å². The minimum atomic E-state index is -0.0454. The first kappa shape index (κ1) is 33.3. The van der Waals surface area contributed by atoms with Gasteiger partial charge >= 0.3 is 0 Å². The maximum Gasteiger partial charge on any atom is 0.223 e. The van der Waals surface area contributed by atoms with Gasteiger partial charge < -0.3 is 19.7 Å². The lowest BCUT2D eigenvalue weighted by molar-refractivity contribution is -0.134. The van der Waals surface area contributed by atoms with Gasteiger partial charge in [0.05, 0.1) is 31.0 Å². The molecule has 1 rings (SSSR count). The predicted molar refractivity (Wildman–Crippen MR) is 151 cm³/mol. The van der Waals surface area contributed by atoms with Gasteiger partial charge in [0.15, 0.2) is 0 Å². The van der Waals surface area contributed by atoms with Crippen LogP contribution in [0.4, 0.5) is 0 Å². The van der Waals surface area contributed by atoms with Gasteiger partial charge in [0, 0.05) is 48.8 Å². The molecule has 36 heavy (non-hydrogen) atoms. The molecule has 2 atom stereocenters. The second-order valence-corrected chi connectivity index (χ2v) is 14.2. The molecule has 210 valence electrons. The van der Waals surface area contributed by atoms with Crippen molar-refractivity contribution in [2.75, 3.05) is 25.4 Å². The molecule has 0 aromatic rings. The molecule has 1 fully saturated rings. The van der Waals surface area contributed by atoms with Crippen molar-refractivity contribution in [2.24, 2.45) is 5.92 Å². The number of nitrogens with zero attached hydrogens (tertiary/aromatic N) is 1. The lowest BCUT2D eigenvalue weighted by atomic mass is 10.1. The first-order chi connectivity index (χ1) is 16.8. The van der Waals surface area contributed by atoms with Crippen LogP contribution in [0.2, 0.25) is 0 Å². The Morgan fingerprint density at radius 2 is 1.72 bits per heavy atom. The normalized spacial score (nSPS) is 18.5. The summed E-state index contributed by atoms with van der Waals surface area (Å²) in [5, 5.41) is 2.96. The van der Waals surface area contributed by atoms with E-state index in [1.54, 1.807) is 21.6 Å². The first-order valence-electron chi connectivity index (χ1n) is 13.5. The summed E-state index contributed by atoms with van der Waals surface area (Å²) < 4.78 is 11.7. The Balaban J connectivity index is 2.31. The Morgan fingerprint density at radius 3 is 2.33 bits per heavy atom. The van der Waals surface area contributed by atoms with Crippen molar-refractivity contribution in [1.29, 1.82) is 0 Å². The van der Waals surface area contributed by atoms with E-state index >= 15 is 0 Å². The van der Waals surface area contributed by atoms with Gasteiger partial charge in [0.25, 0.3) is 0 Å². The van der Waals surface area contributed by atoms with Crippen molar-refractivity contribution in [3.05, 3.63) is 0 Å². The van der Waals surface area contributed by atoms with Gasteiger partial charge in [0.2, 0.25) is 11.8 Å². The summed E-state index contributed by atoms with van der Waals surface area (Å²) in [7, 11) is 3.45. The molecule has 0 spiro atoms. The van der Waals surface area contributed by atoms with Gasteiger partial charge in [-0.2, -0.15) is 0 Å². The quantitative estimate of drug-likeness (QED) is 0.185. The lowest BCUT2D eigenvalue weighted by Gasteiger charge is -2.25. The summed E-state index contributed by atoms with van der Waals surface area (Å²) in [6.45, 7) is 17.8. The van der Waals surface area contributed by atoms with Crippen LogP contribution in [0.1, 0.15) is 93.9 Å². The molecule has 1 saturated heterocycles. The molecule has 0 saturated carbocycles. The van der Waals surface area contributed by atoms with Gasteiger partial charge in [-0.3, -0.25) is 14.4 Å². The summed E-state index contributed by atoms with van der Waals surface area (Å²) in [5.74, 6) is 1.31. The summed E-state index contributed by atoms with van der Waals surface area (Å²) in [6.07, 6.45) is 3.93. The monoisotopic (exact) mass is 546 g/mol. The van der Waals surface area contributed by atoms with E-state index in [4.69, 9.17) is 9.47 Å². The second kappa shape index (κ2) is 16.9. The van der Waals surface area contributed by atoms with Crippen LogP contribution in [0.25, 0.3) is 0 Å². The first-order valence-corrected chi connectivity index (χ1v) is 15.8. The summed E-state index contributed by atoms with van der Waals surface area (Å²) in [6, 6.07) is 0.0411. The molecule has 1 heterocycles. The van der Waals surface area contributed by atoms with Crippen LogP contribution >= 0.6 is 21.6 Å². The van der Waals surface area contributed by atoms with E-state index < -0.39 is 0 Å². The fourth-order valence-corrected chi connectivity index (χ4v) is 6.49. The Labute approximate surface area is 227 Å². The van der Waals surface area contributed by atoms with Crippen LogP contribution in [0.15, 0.2) is 0 Å². The zero-order chi connectivity index (χ0) is 27.3. The van der Waals surface area contributed by atoms with Crippen LogP contribution in [-0.2, 0) is 23.9 Å². The maximum absolute atomic E-state index is 12.9. The number of carbonyl (C=O) groups is 3. The van der Waals surface area contributed by atoms with Crippen LogP contribution in [0, 0.1) is 5.92 Å². The summed E-state index contributed by atoms with van der Waals surface area (Å²) >= 11 is 0. The Morgan fingerprint density at radius 1 is 1.03 bits per heavy atom. The van der Waals surface area contributed by atoms with Gasteiger partial charge in [0.1, 0.15) is 5.78 Å².